The van der Waals surface area contributed by atoms with Crippen LogP contribution >= 0.6 is 0 Å². The predicted octanol–water partition coefficient (Wildman–Crippen LogP) is -0.157. The number of piperazine rings is 1. The molecule has 1 aliphatic heterocycles. The van der Waals surface area contributed by atoms with E-state index in [9.17, 15) is 4.79 Å². The molecule has 0 saturated carbocycles. The smallest absolute Gasteiger partial charge is 0.237 e. The van der Waals surface area contributed by atoms with Crippen LogP contribution < -0.4 is 5.32 Å². The van der Waals surface area contributed by atoms with Crippen molar-refractivity contribution in [3.8, 4) is 0 Å². The van der Waals surface area contributed by atoms with E-state index in [2.05, 4.69) is 5.32 Å². The van der Waals surface area contributed by atoms with Crippen molar-refractivity contribution in [3.05, 3.63) is 0 Å². The van der Waals surface area contributed by atoms with Gasteiger partial charge in [-0.2, -0.15) is 0 Å². The van der Waals surface area contributed by atoms with E-state index >= 15 is 0 Å². The average molecular weight is 186 g/mol. The maximum absolute atomic E-state index is 11.5. The van der Waals surface area contributed by atoms with Crippen LogP contribution in [0.1, 0.15) is 13.8 Å². The lowest BCUT2D eigenvalue weighted by Crippen LogP contribution is -2.58. The number of carbonyl (C=O) groups is 1. The predicted molar refractivity (Wildman–Crippen MR) is 50.5 cm³/mol. The van der Waals surface area contributed by atoms with Gasteiger partial charge in [0.05, 0.1) is 18.7 Å². The normalized spacial score (nSPS) is 19.3. The summed E-state index contributed by atoms with van der Waals surface area (Å²) < 4.78 is 5.09. The van der Waals surface area contributed by atoms with E-state index in [-0.39, 0.29) is 11.4 Å². The Morgan fingerprint density at radius 1 is 1.62 bits per heavy atom. The molecule has 0 aliphatic carbocycles. The van der Waals surface area contributed by atoms with Crippen LogP contribution in [0.15, 0.2) is 0 Å². The van der Waals surface area contributed by atoms with Crippen LogP contribution in [0.2, 0.25) is 0 Å². The number of methoxy groups -OCH3 is 1. The van der Waals surface area contributed by atoms with Gasteiger partial charge < -0.3 is 15.0 Å². The fourth-order valence-electron chi connectivity index (χ4n) is 1.68. The highest BCUT2D eigenvalue weighted by molar-refractivity contribution is 5.79. The number of carbonyl (C=O) groups excluding carboxylic acids is 1. The van der Waals surface area contributed by atoms with E-state index in [0.29, 0.717) is 13.2 Å². The highest BCUT2D eigenvalue weighted by Gasteiger charge is 2.31. The minimum Gasteiger partial charge on any atom is -0.382 e. The molecule has 1 saturated heterocycles. The number of rotatable bonds is 3. The molecule has 0 aromatic heterocycles. The summed E-state index contributed by atoms with van der Waals surface area (Å²) in [7, 11) is 1.66. The van der Waals surface area contributed by atoms with Gasteiger partial charge in [0.1, 0.15) is 0 Å². The first-order valence-corrected chi connectivity index (χ1v) is 4.58. The van der Waals surface area contributed by atoms with Crippen molar-refractivity contribution in [2.45, 2.75) is 19.4 Å². The molecule has 1 fully saturated rings. The molecule has 1 amide bonds. The van der Waals surface area contributed by atoms with E-state index < -0.39 is 0 Å². The fraction of sp³-hybridized carbons (Fsp3) is 0.889. The number of amides is 1. The van der Waals surface area contributed by atoms with Crippen LogP contribution in [0.4, 0.5) is 0 Å². The molecule has 4 heteroatoms. The van der Waals surface area contributed by atoms with Crippen molar-refractivity contribution in [2.24, 2.45) is 0 Å². The first kappa shape index (κ1) is 10.5. The molecule has 1 rings (SSSR count). The molecular weight excluding hydrogens is 168 g/mol. The topological polar surface area (TPSA) is 41.6 Å². The molecule has 1 aliphatic rings. The Balaban J connectivity index is 2.61. The Morgan fingerprint density at radius 3 is 2.85 bits per heavy atom. The second kappa shape index (κ2) is 4.07. The molecule has 0 radical (unpaired) electrons. The molecule has 0 atom stereocenters. The van der Waals surface area contributed by atoms with Gasteiger partial charge in [0.2, 0.25) is 5.91 Å². The van der Waals surface area contributed by atoms with Crippen LogP contribution in [0, 0.1) is 0 Å². The van der Waals surface area contributed by atoms with Gasteiger partial charge in [0.25, 0.3) is 0 Å². The molecule has 0 unspecified atom stereocenters. The zero-order valence-corrected chi connectivity index (χ0v) is 8.59. The third kappa shape index (κ3) is 2.42. The molecule has 0 spiro atoms. The largest absolute Gasteiger partial charge is 0.382 e. The maximum atomic E-state index is 11.5. The summed E-state index contributed by atoms with van der Waals surface area (Å²) in [5.74, 6) is 0.160. The minimum absolute atomic E-state index is 0.160. The second-order valence-electron chi connectivity index (χ2n) is 3.97. The molecule has 0 aromatic rings. The standard InChI is InChI=1S/C9H18N2O2/c1-9(2,7-13-3)11-5-4-10-6-8(11)12/h10H,4-7H2,1-3H3. The zero-order chi connectivity index (χ0) is 9.90. The van der Waals surface area contributed by atoms with Crippen LogP contribution in [-0.2, 0) is 9.53 Å². The lowest BCUT2D eigenvalue weighted by Gasteiger charge is -2.40. The highest BCUT2D eigenvalue weighted by atomic mass is 16.5. The number of hydrogen-bond acceptors (Lipinski definition) is 3. The summed E-state index contributed by atoms with van der Waals surface area (Å²) in [4.78, 5) is 13.4. The lowest BCUT2D eigenvalue weighted by atomic mass is 10.0. The Labute approximate surface area is 79.2 Å². The zero-order valence-electron chi connectivity index (χ0n) is 8.59. The van der Waals surface area contributed by atoms with Gasteiger partial charge >= 0.3 is 0 Å². The van der Waals surface area contributed by atoms with Crippen molar-refractivity contribution in [3.63, 3.8) is 0 Å². The Bertz CT molecular complexity index is 192. The Kier molecular flexibility index (Phi) is 3.27. The van der Waals surface area contributed by atoms with Gasteiger partial charge in [0, 0.05) is 20.2 Å². The van der Waals surface area contributed by atoms with E-state index in [1.54, 1.807) is 7.11 Å². The summed E-state index contributed by atoms with van der Waals surface area (Å²) in [6.07, 6.45) is 0. The number of nitrogens with zero attached hydrogens (tertiary/aromatic N) is 1. The number of hydrogen-bond donors (Lipinski definition) is 1. The summed E-state index contributed by atoms with van der Waals surface area (Å²) in [6, 6.07) is 0. The molecule has 0 bridgehead atoms. The Hall–Kier alpha value is -0.610. The monoisotopic (exact) mass is 186 g/mol. The Morgan fingerprint density at radius 2 is 2.31 bits per heavy atom. The van der Waals surface area contributed by atoms with Gasteiger partial charge in [-0.1, -0.05) is 0 Å². The van der Waals surface area contributed by atoms with Crippen LogP contribution in [0.5, 0.6) is 0 Å². The van der Waals surface area contributed by atoms with E-state index in [0.717, 1.165) is 13.1 Å². The van der Waals surface area contributed by atoms with Crippen molar-refractivity contribution in [1.29, 1.82) is 0 Å². The fourth-order valence-corrected chi connectivity index (χ4v) is 1.68. The molecular formula is C9H18N2O2. The minimum atomic E-state index is -0.187. The second-order valence-corrected chi connectivity index (χ2v) is 3.97. The third-order valence-corrected chi connectivity index (χ3v) is 2.32. The van der Waals surface area contributed by atoms with Gasteiger partial charge in [0.15, 0.2) is 0 Å². The van der Waals surface area contributed by atoms with Crippen molar-refractivity contribution >= 4 is 5.91 Å². The SMILES string of the molecule is COCC(C)(C)N1CCNCC1=O. The van der Waals surface area contributed by atoms with E-state index in [1.807, 2.05) is 18.7 Å². The number of nitrogens with one attached hydrogen (secondary N) is 1. The van der Waals surface area contributed by atoms with Crippen molar-refractivity contribution in [2.75, 3.05) is 33.4 Å². The summed E-state index contributed by atoms with van der Waals surface area (Å²) >= 11 is 0. The molecule has 76 valence electrons. The number of ether oxygens (including phenoxy) is 1. The van der Waals surface area contributed by atoms with E-state index in [4.69, 9.17) is 4.74 Å². The first-order chi connectivity index (χ1) is 6.08. The van der Waals surface area contributed by atoms with E-state index in [1.165, 1.54) is 0 Å². The third-order valence-electron chi connectivity index (χ3n) is 2.32. The van der Waals surface area contributed by atoms with Gasteiger partial charge in [-0.3, -0.25) is 4.79 Å². The summed E-state index contributed by atoms with van der Waals surface area (Å²) in [6.45, 7) is 6.74. The molecule has 1 heterocycles. The van der Waals surface area contributed by atoms with Crippen LogP contribution in [0.3, 0.4) is 0 Å². The summed E-state index contributed by atoms with van der Waals surface area (Å²) in [5, 5.41) is 3.05. The maximum Gasteiger partial charge on any atom is 0.237 e. The van der Waals surface area contributed by atoms with Gasteiger partial charge in [-0.25, -0.2) is 0 Å². The lowest BCUT2D eigenvalue weighted by molar-refractivity contribution is -0.139. The quantitative estimate of drug-likeness (QED) is 0.666. The molecule has 4 nitrogen and oxygen atoms in total. The van der Waals surface area contributed by atoms with Gasteiger partial charge in [-0.15, -0.1) is 0 Å². The van der Waals surface area contributed by atoms with Crippen molar-refractivity contribution < 1.29 is 9.53 Å². The average Bonchev–Trinajstić information content (AvgIpc) is 2.04. The molecule has 0 aromatic carbocycles. The van der Waals surface area contributed by atoms with Crippen molar-refractivity contribution in [1.82, 2.24) is 10.2 Å². The summed E-state index contributed by atoms with van der Waals surface area (Å²) in [5.41, 5.74) is -0.187. The first-order valence-electron chi connectivity index (χ1n) is 4.58. The van der Waals surface area contributed by atoms with Crippen LogP contribution in [0.25, 0.3) is 0 Å². The highest BCUT2D eigenvalue weighted by Crippen LogP contribution is 2.15. The van der Waals surface area contributed by atoms with Gasteiger partial charge in [-0.05, 0) is 13.8 Å². The molecule has 13 heavy (non-hydrogen) atoms. The van der Waals surface area contributed by atoms with Crippen LogP contribution in [-0.4, -0.2) is 49.7 Å². The molecule has 1 N–H and O–H groups in total.